The third kappa shape index (κ3) is 3.14. The lowest BCUT2D eigenvalue weighted by Crippen LogP contribution is -2.17. The van der Waals surface area contributed by atoms with Gasteiger partial charge >= 0.3 is 0 Å². The predicted octanol–water partition coefficient (Wildman–Crippen LogP) is 2.04. The van der Waals surface area contributed by atoms with Crippen molar-refractivity contribution in [3.8, 4) is 0 Å². The van der Waals surface area contributed by atoms with Gasteiger partial charge in [-0.05, 0) is 25.6 Å². The number of nitrogens with one attached hydrogen (secondary N) is 2. The average Bonchev–Trinajstić information content (AvgIpc) is 2.39. The molecule has 1 heterocycles. The van der Waals surface area contributed by atoms with E-state index in [-0.39, 0.29) is 0 Å². The zero-order valence-electron chi connectivity index (χ0n) is 10.1. The van der Waals surface area contributed by atoms with E-state index in [0.717, 1.165) is 42.6 Å². The van der Waals surface area contributed by atoms with Crippen LogP contribution in [0.1, 0.15) is 13.3 Å². The summed E-state index contributed by atoms with van der Waals surface area (Å²) in [7, 11) is 0. The molecule has 0 aliphatic carbocycles. The Hall–Kier alpha value is -1.68. The summed E-state index contributed by atoms with van der Waals surface area (Å²) >= 11 is 0. The van der Waals surface area contributed by atoms with Gasteiger partial charge in [-0.3, -0.25) is 0 Å². The van der Waals surface area contributed by atoms with Crippen molar-refractivity contribution in [1.82, 2.24) is 15.5 Å². The van der Waals surface area contributed by atoms with E-state index in [9.17, 15) is 0 Å². The van der Waals surface area contributed by atoms with Gasteiger partial charge in [-0.2, -0.15) is 10.2 Å². The fourth-order valence-corrected chi connectivity index (χ4v) is 1.76. The number of aromatic nitrogens is 2. The minimum absolute atomic E-state index is 0.934. The van der Waals surface area contributed by atoms with Gasteiger partial charge in [-0.15, -0.1) is 0 Å². The van der Waals surface area contributed by atoms with Crippen molar-refractivity contribution >= 4 is 16.6 Å². The fraction of sp³-hybridized carbons (Fsp3) is 0.385. The number of nitrogens with zero attached hydrogens (tertiary/aromatic N) is 2. The first-order valence-corrected chi connectivity index (χ1v) is 6.07. The van der Waals surface area contributed by atoms with Crippen molar-refractivity contribution < 1.29 is 0 Å². The Labute approximate surface area is 101 Å². The van der Waals surface area contributed by atoms with Crippen LogP contribution in [-0.4, -0.2) is 29.8 Å². The number of hydrogen-bond acceptors (Lipinski definition) is 4. The molecule has 0 radical (unpaired) electrons. The van der Waals surface area contributed by atoms with E-state index in [2.05, 4.69) is 33.8 Å². The van der Waals surface area contributed by atoms with Gasteiger partial charge in [0.15, 0.2) is 0 Å². The van der Waals surface area contributed by atoms with Crippen molar-refractivity contribution in [2.75, 3.05) is 25.0 Å². The van der Waals surface area contributed by atoms with E-state index >= 15 is 0 Å². The Morgan fingerprint density at radius 3 is 2.94 bits per heavy atom. The molecule has 90 valence electrons. The summed E-state index contributed by atoms with van der Waals surface area (Å²) in [6.45, 7) is 5.14. The van der Waals surface area contributed by atoms with Crippen LogP contribution in [0.2, 0.25) is 0 Å². The molecule has 0 atom stereocenters. The van der Waals surface area contributed by atoms with Gasteiger partial charge in [-0.25, -0.2) is 0 Å². The number of anilines is 1. The highest BCUT2D eigenvalue weighted by atomic mass is 15.1. The SMILES string of the molecule is CCNCCCNc1cnnc2ccccc12. The van der Waals surface area contributed by atoms with Gasteiger partial charge < -0.3 is 10.6 Å². The Morgan fingerprint density at radius 2 is 2.06 bits per heavy atom. The van der Waals surface area contributed by atoms with E-state index in [1.54, 1.807) is 6.20 Å². The summed E-state index contributed by atoms with van der Waals surface area (Å²) in [5.41, 5.74) is 2.00. The number of fused-ring (bicyclic) bond motifs is 1. The Balaban J connectivity index is 1.98. The van der Waals surface area contributed by atoms with Gasteiger partial charge in [0.1, 0.15) is 0 Å². The predicted molar refractivity (Wildman–Crippen MR) is 71.2 cm³/mol. The molecule has 0 spiro atoms. The first kappa shape index (κ1) is 11.8. The molecular weight excluding hydrogens is 212 g/mol. The Bertz CT molecular complexity index is 464. The van der Waals surface area contributed by atoms with Crippen LogP contribution in [0.5, 0.6) is 0 Å². The second-order valence-electron chi connectivity index (χ2n) is 3.91. The third-order valence-electron chi connectivity index (χ3n) is 2.64. The van der Waals surface area contributed by atoms with Gasteiger partial charge in [0.25, 0.3) is 0 Å². The number of benzene rings is 1. The van der Waals surface area contributed by atoms with E-state index < -0.39 is 0 Å². The molecule has 1 aromatic heterocycles. The second-order valence-corrected chi connectivity index (χ2v) is 3.91. The van der Waals surface area contributed by atoms with E-state index in [1.807, 2.05) is 18.2 Å². The standard InChI is InChI=1S/C13H18N4/c1-2-14-8-5-9-15-13-10-16-17-12-7-4-3-6-11(12)13/h3-4,6-7,10,14H,2,5,8-9H2,1H3,(H,15,17). The topological polar surface area (TPSA) is 49.8 Å². The molecule has 0 saturated carbocycles. The second kappa shape index (κ2) is 6.15. The van der Waals surface area contributed by atoms with Crippen LogP contribution in [-0.2, 0) is 0 Å². The third-order valence-corrected chi connectivity index (χ3v) is 2.64. The summed E-state index contributed by atoms with van der Waals surface area (Å²) < 4.78 is 0. The van der Waals surface area contributed by atoms with Crippen LogP contribution in [0.3, 0.4) is 0 Å². The molecule has 0 aliphatic rings. The van der Waals surface area contributed by atoms with Crippen LogP contribution in [0.4, 0.5) is 5.69 Å². The summed E-state index contributed by atoms with van der Waals surface area (Å²) in [6.07, 6.45) is 2.89. The summed E-state index contributed by atoms with van der Waals surface area (Å²) in [4.78, 5) is 0. The molecule has 2 aromatic rings. The molecule has 0 fully saturated rings. The largest absolute Gasteiger partial charge is 0.383 e. The van der Waals surface area contributed by atoms with Crippen LogP contribution >= 0.6 is 0 Å². The molecule has 0 unspecified atom stereocenters. The quantitative estimate of drug-likeness (QED) is 0.746. The average molecular weight is 230 g/mol. The molecule has 0 amide bonds. The highest BCUT2D eigenvalue weighted by Crippen LogP contribution is 2.19. The fourth-order valence-electron chi connectivity index (χ4n) is 1.76. The molecule has 4 nitrogen and oxygen atoms in total. The lowest BCUT2D eigenvalue weighted by molar-refractivity contribution is 0.689. The van der Waals surface area contributed by atoms with Crippen molar-refractivity contribution in [2.45, 2.75) is 13.3 Å². The molecule has 0 saturated heterocycles. The first-order chi connectivity index (χ1) is 8.42. The lowest BCUT2D eigenvalue weighted by Gasteiger charge is -2.08. The molecule has 0 bridgehead atoms. The van der Waals surface area contributed by atoms with Gasteiger partial charge in [0.05, 0.1) is 17.4 Å². The molecule has 2 N–H and O–H groups in total. The minimum atomic E-state index is 0.934. The van der Waals surface area contributed by atoms with Crippen molar-refractivity contribution in [3.63, 3.8) is 0 Å². The zero-order valence-corrected chi connectivity index (χ0v) is 10.1. The van der Waals surface area contributed by atoms with Crippen LogP contribution in [0.25, 0.3) is 10.9 Å². The van der Waals surface area contributed by atoms with Gasteiger partial charge in [-0.1, -0.05) is 25.1 Å². The van der Waals surface area contributed by atoms with Crippen molar-refractivity contribution in [3.05, 3.63) is 30.5 Å². The minimum Gasteiger partial charge on any atom is -0.383 e. The Kier molecular flexibility index (Phi) is 4.27. The molecule has 2 rings (SSSR count). The van der Waals surface area contributed by atoms with E-state index in [0.29, 0.717) is 0 Å². The maximum atomic E-state index is 4.10. The zero-order chi connectivity index (χ0) is 11.9. The smallest absolute Gasteiger partial charge is 0.0950 e. The van der Waals surface area contributed by atoms with Crippen LogP contribution < -0.4 is 10.6 Å². The number of hydrogen-bond donors (Lipinski definition) is 2. The van der Waals surface area contributed by atoms with Crippen LogP contribution in [0.15, 0.2) is 30.5 Å². The highest BCUT2D eigenvalue weighted by molar-refractivity contribution is 5.90. The maximum absolute atomic E-state index is 4.10. The highest BCUT2D eigenvalue weighted by Gasteiger charge is 2.00. The molecule has 17 heavy (non-hydrogen) atoms. The Morgan fingerprint density at radius 1 is 1.18 bits per heavy atom. The summed E-state index contributed by atoms with van der Waals surface area (Å²) in [5.74, 6) is 0. The first-order valence-electron chi connectivity index (χ1n) is 6.07. The molecule has 4 heteroatoms. The summed E-state index contributed by atoms with van der Waals surface area (Å²) in [6, 6.07) is 8.04. The maximum Gasteiger partial charge on any atom is 0.0950 e. The monoisotopic (exact) mass is 230 g/mol. The number of rotatable bonds is 6. The van der Waals surface area contributed by atoms with Crippen LogP contribution in [0, 0.1) is 0 Å². The van der Waals surface area contributed by atoms with Gasteiger partial charge in [0.2, 0.25) is 0 Å². The van der Waals surface area contributed by atoms with E-state index in [4.69, 9.17) is 0 Å². The lowest BCUT2D eigenvalue weighted by atomic mass is 10.2. The van der Waals surface area contributed by atoms with E-state index in [1.165, 1.54) is 0 Å². The molecular formula is C13H18N4. The molecule has 1 aromatic carbocycles. The van der Waals surface area contributed by atoms with Crippen molar-refractivity contribution in [1.29, 1.82) is 0 Å². The van der Waals surface area contributed by atoms with Crippen molar-refractivity contribution in [2.24, 2.45) is 0 Å². The van der Waals surface area contributed by atoms with Gasteiger partial charge in [0, 0.05) is 11.9 Å². The normalized spacial score (nSPS) is 10.6. The summed E-state index contributed by atoms with van der Waals surface area (Å²) in [5, 5.41) is 15.9. The molecule has 0 aliphatic heterocycles.